The van der Waals surface area contributed by atoms with E-state index in [1.54, 1.807) is 0 Å². The van der Waals surface area contributed by atoms with Crippen LogP contribution in [-0.2, 0) is 0 Å². The first-order chi connectivity index (χ1) is 9.13. The van der Waals surface area contributed by atoms with E-state index in [-0.39, 0.29) is 5.56 Å². The lowest BCUT2D eigenvalue weighted by molar-refractivity contribution is 0.105. The minimum Gasteiger partial charge on any atom is -0.409 e. The van der Waals surface area contributed by atoms with Gasteiger partial charge in [-0.25, -0.2) is 14.3 Å². The molecular weight excluding hydrogens is 270 g/mol. The molecule has 19 heavy (non-hydrogen) atoms. The summed E-state index contributed by atoms with van der Waals surface area (Å²) in [5, 5.41) is 12.3. The van der Waals surface area contributed by atoms with E-state index in [9.17, 15) is 9.59 Å². The van der Waals surface area contributed by atoms with E-state index in [0.717, 1.165) is 4.57 Å². The molecule has 6 nitrogen and oxygen atoms in total. The highest BCUT2D eigenvalue weighted by atomic mass is 35.5. The lowest BCUT2D eigenvalue weighted by atomic mass is 10.1. The van der Waals surface area contributed by atoms with Crippen LogP contribution in [0, 0.1) is 0 Å². The van der Waals surface area contributed by atoms with Crippen LogP contribution in [0.1, 0.15) is 10.4 Å². The smallest absolute Gasteiger partial charge is 0.353 e. The Morgan fingerprint density at radius 2 is 2.00 bits per heavy atom. The molecule has 0 saturated heterocycles. The fourth-order valence-electron chi connectivity index (χ4n) is 1.45. The molecule has 0 aliphatic rings. The highest BCUT2D eigenvalue weighted by Crippen LogP contribution is 2.10. The summed E-state index contributed by atoms with van der Waals surface area (Å²) in [6, 6.07) is 7.43. The van der Waals surface area contributed by atoms with Crippen LogP contribution >= 0.6 is 11.6 Å². The first-order valence-corrected chi connectivity index (χ1v) is 5.57. The van der Waals surface area contributed by atoms with Gasteiger partial charge in [-0.05, 0) is 30.3 Å². The van der Waals surface area contributed by atoms with E-state index in [1.807, 2.05) is 0 Å². The maximum Gasteiger partial charge on any atom is 0.353 e. The van der Waals surface area contributed by atoms with Crippen molar-refractivity contribution < 1.29 is 10.0 Å². The molecule has 0 atom stereocenters. The normalized spacial score (nSPS) is 11.3. The number of hydrogen-bond acceptors (Lipinski definition) is 5. The molecule has 0 unspecified atom stereocenters. The Kier molecular flexibility index (Phi) is 3.72. The zero-order chi connectivity index (χ0) is 13.8. The summed E-state index contributed by atoms with van der Waals surface area (Å²) in [4.78, 5) is 27.1. The van der Waals surface area contributed by atoms with Crippen molar-refractivity contribution in [1.82, 2.24) is 9.55 Å². The van der Waals surface area contributed by atoms with Gasteiger partial charge in [0.15, 0.2) is 0 Å². The number of rotatable bonds is 2. The molecule has 0 radical (unpaired) electrons. The zero-order valence-corrected chi connectivity index (χ0v) is 10.3. The van der Waals surface area contributed by atoms with Crippen molar-refractivity contribution in [1.29, 1.82) is 0 Å². The first-order valence-electron chi connectivity index (χ1n) is 5.20. The summed E-state index contributed by atoms with van der Waals surface area (Å²) >= 11 is 5.72. The molecule has 0 aliphatic carbocycles. The number of nitrogens with zero attached hydrogens (tertiary/aromatic N) is 3. The molecule has 0 saturated carbocycles. The predicted octanol–water partition coefficient (Wildman–Crippen LogP) is 1.42. The maximum absolute atomic E-state index is 12.1. The van der Waals surface area contributed by atoms with E-state index in [0.29, 0.717) is 5.02 Å². The number of carbonyl (C=O) groups is 1. The number of hydrogen-bond donors (Lipinski definition) is 1. The average Bonchev–Trinajstić information content (AvgIpc) is 2.42. The molecule has 0 spiro atoms. The van der Waals surface area contributed by atoms with E-state index < -0.39 is 17.3 Å². The Bertz CT molecular complexity index is 692. The molecule has 1 N–H and O–H groups in total. The molecule has 7 heteroatoms. The molecule has 0 amide bonds. The Labute approximate surface area is 112 Å². The second kappa shape index (κ2) is 5.45. The van der Waals surface area contributed by atoms with Gasteiger partial charge in [-0.1, -0.05) is 16.8 Å². The minimum atomic E-state index is -0.711. The van der Waals surface area contributed by atoms with Crippen LogP contribution in [-0.4, -0.2) is 26.4 Å². The fourth-order valence-corrected chi connectivity index (χ4v) is 1.58. The zero-order valence-electron chi connectivity index (χ0n) is 9.52. The van der Waals surface area contributed by atoms with Crippen molar-refractivity contribution in [2.75, 3.05) is 0 Å². The Balaban J connectivity index is 2.44. The number of ketones is 1. The minimum absolute atomic E-state index is 0.243. The second-order valence-electron chi connectivity index (χ2n) is 3.53. The summed E-state index contributed by atoms with van der Waals surface area (Å²) in [5.74, 6) is -1.05. The standard InChI is InChI=1S/C12H8ClN3O3/c13-9-4-2-8(3-5-9)10(17)11(15-19)16-7-1-6-14-12(16)18/h1-7,19H/b15-11-. The van der Waals surface area contributed by atoms with Gasteiger partial charge in [0.2, 0.25) is 11.6 Å². The van der Waals surface area contributed by atoms with Gasteiger partial charge in [0.1, 0.15) is 0 Å². The summed E-state index contributed by atoms with van der Waals surface area (Å²) < 4.78 is 0.858. The predicted molar refractivity (Wildman–Crippen MR) is 68.9 cm³/mol. The van der Waals surface area contributed by atoms with E-state index in [4.69, 9.17) is 16.8 Å². The van der Waals surface area contributed by atoms with Crippen LogP contribution in [0.15, 0.2) is 52.7 Å². The maximum atomic E-state index is 12.1. The summed E-state index contributed by atoms with van der Waals surface area (Å²) in [6.07, 6.45) is 2.57. The van der Waals surface area contributed by atoms with Gasteiger partial charge in [0.25, 0.3) is 0 Å². The van der Waals surface area contributed by atoms with Crippen molar-refractivity contribution in [2.24, 2.45) is 5.16 Å². The number of aromatic nitrogens is 2. The summed E-state index contributed by atoms with van der Waals surface area (Å²) in [6.45, 7) is 0. The van der Waals surface area contributed by atoms with E-state index in [1.165, 1.54) is 42.7 Å². The SMILES string of the molecule is O=C(/C(=N/O)n1cccnc1=O)c1ccc(Cl)cc1. The molecule has 0 bridgehead atoms. The third-order valence-corrected chi connectivity index (χ3v) is 2.60. The van der Waals surface area contributed by atoms with Gasteiger partial charge in [-0.3, -0.25) is 4.79 Å². The number of halogens is 1. The molecule has 2 aromatic rings. The highest BCUT2D eigenvalue weighted by molar-refractivity contribution is 6.45. The van der Waals surface area contributed by atoms with Crippen LogP contribution < -0.4 is 5.69 Å². The van der Waals surface area contributed by atoms with Crippen molar-refractivity contribution in [3.63, 3.8) is 0 Å². The van der Waals surface area contributed by atoms with Gasteiger partial charge in [0, 0.05) is 23.0 Å². The van der Waals surface area contributed by atoms with Crippen LogP contribution in [0.4, 0.5) is 0 Å². The summed E-state index contributed by atoms with van der Waals surface area (Å²) in [7, 11) is 0. The van der Waals surface area contributed by atoms with Gasteiger partial charge >= 0.3 is 5.69 Å². The quantitative estimate of drug-likeness (QED) is 0.296. The van der Waals surface area contributed by atoms with Crippen LogP contribution in [0.3, 0.4) is 0 Å². The number of Topliss-reactive ketones (excluding diaryl/α,β-unsaturated/α-hetero) is 1. The third-order valence-electron chi connectivity index (χ3n) is 2.34. The molecule has 1 aromatic carbocycles. The van der Waals surface area contributed by atoms with Crippen molar-refractivity contribution in [3.8, 4) is 0 Å². The fraction of sp³-hybridized carbons (Fsp3) is 0. The summed E-state index contributed by atoms with van der Waals surface area (Å²) in [5.41, 5.74) is -0.467. The lowest BCUT2D eigenvalue weighted by Gasteiger charge is -2.05. The van der Waals surface area contributed by atoms with Gasteiger partial charge < -0.3 is 5.21 Å². The number of oxime groups is 1. The molecule has 96 valence electrons. The molecule has 1 aromatic heterocycles. The molecule has 0 fully saturated rings. The van der Waals surface area contributed by atoms with Crippen molar-refractivity contribution >= 4 is 23.2 Å². The average molecular weight is 278 g/mol. The largest absolute Gasteiger partial charge is 0.409 e. The molecule has 0 aliphatic heterocycles. The monoisotopic (exact) mass is 277 g/mol. The Hall–Kier alpha value is -2.47. The highest BCUT2D eigenvalue weighted by Gasteiger charge is 2.18. The van der Waals surface area contributed by atoms with Gasteiger partial charge in [-0.2, -0.15) is 0 Å². The lowest BCUT2D eigenvalue weighted by Crippen LogP contribution is -2.33. The second-order valence-corrected chi connectivity index (χ2v) is 3.97. The van der Waals surface area contributed by atoms with Gasteiger partial charge in [-0.15, -0.1) is 0 Å². The van der Waals surface area contributed by atoms with E-state index >= 15 is 0 Å². The van der Waals surface area contributed by atoms with Crippen molar-refractivity contribution in [3.05, 3.63) is 63.8 Å². The van der Waals surface area contributed by atoms with E-state index in [2.05, 4.69) is 10.1 Å². The topological polar surface area (TPSA) is 84.5 Å². The first kappa shape index (κ1) is 13.0. The van der Waals surface area contributed by atoms with Crippen LogP contribution in [0.25, 0.3) is 0 Å². The molecule has 2 rings (SSSR count). The van der Waals surface area contributed by atoms with Gasteiger partial charge in [0.05, 0.1) is 0 Å². The van der Waals surface area contributed by atoms with Crippen LogP contribution in [0.5, 0.6) is 0 Å². The number of carbonyl (C=O) groups excluding carboxylic acids is 1. The molecular formula is C12H8ClN3O3. The number of benzene rings is 1. The molecule has 1 heterocycles. The Morgan fingerprint density at radius 3 is 2.58 bits per heavy atom. The Morgan fingerprint density at radius 1 is 1.32 bits per heavy atom. The van der Waals surface area contributed by atoms with Crippen LogP contribution in [0.2, 0.25) is 5.02 Å². The van der Waals surface area contributed by atoms with Crippen molar-refractivity contribution in [2.45, 2.75) is 0 Å². The third kappa shape index (κ3) is 2.69.